The molecule has 5 heteroatoms. The van der Waals surface area contributed by atoms with Crippen molar-refractivity contribution in [3.8, 4) is 0 Å². The molecule has 0 spiro atoms. The van der Waals surface area contributed by atoms with Gasteiger partial charge in [-0.1, -0.05) is 19.3 Å². The van der Waals surface area contributed by atoms with Crippen molar-refractivity contribution in [1.82, 2.24) is 5.32 Å². The summed E-state index contributed by atoms with van der Waals surface area (Å²) in [5.74, 6) is 0. The lowest BCUT2D eigenvalue weighted by molar-refractivity contribution is 0.0272. The summed E-state index contributed by atoms with van der Waals surface area (Å²) in [6.45, 7) is 1.14. The van der Waals surface area contributed by atoms with E-state index in [-0.39, 0.29) is 13.2 Å². The van der Waals surface area contributed by atoms with Crippen LogP contribution < -0.4 is 5.32 Å². The highest BCUT2D eigenvalue weighted by Gasteiger charge is 2.12. The highest BCUT2D eigenvalue weighted by molar-refractivity contribution is 5.66. The fourth-order valence-electron chi connectivity index (χ4n) is 1.93. The van der Waals surface area contributed by atoms with Crippen molar-refractivity contribution in [2.24, 2.45) is 0 Å². The zero-order valence-corrected chi connectivity index (χ0v) is 10.3. The SMILES string of the molecule is O=C(NCCCOC1CCCCC1)OCCO. The molecular weight excluding hydrogens is 222 g/mol. The fraction of sp³-hybridized carbons (Fsp3) is 0.917. The van der Waals surface area contributed by atoms with Crippen molar-refractivity contribution < 1.29 is 19.4 Å². The minimum Gasteiger partial charge on any atom is -0.447 e. The normalized spacial score (nSPS) is 16.8. The fourth-order valence-corrected chi connectivity index (χ4v) is 1.93. The minimum absolute atomic E-state index is 0.0460. The highest BCUT2D eigenvalue weighted by Crippen LogP contribution is 2.20. The second kappa shape index (κ2) is 9.24. The van der Waals surface area contributed by atoms with Crippen LogP contribution in [0.25, 0.3) is 0 Å². The van der Waals surface area contributed by atoms with Crippen LogP contribution in [0.2, 0.25) is 0 Å². The average Bonchev–Trinajstić information content (AvgIpc) is 2.37. The van der Waals surface area contributed by atoms with E-state index in [9.17, 15) is 4.79 Å². The Morgan fingerprint density at radius 3 is 2.71 bits per heavy atom. The molecule has 0 aromatic heterocycles. The summed E-state index contributed by atoms with van der Waals surface area (Å²) >= 11 is 0. The molecule has 0 aromatic rings. The predicted octanol–water partition coefficient (Wildman–Crippen LogP) is 1.44. The van der Waals surface area contributed by atoms with Gasteiger partial charge in [-0.3, -0.25) is 0 Å². The molecule has 17 heavy (non-hydrogen) atoms. The van der Waals surface area contributed by atoms with Crippen LogP contribution in [0.4, 0.5) is 4.79 Å². The Morgan fingerprint density at radius 2 is 2.00 bits per heavy atom. The van der Waals surface area contributed by atoms with Crippen LogP contribution in [-0.2, 0) is 9.47 Å². The first-order valence-electron chi connectivity index (χ1n) is 6.46. The lowest BCUT2D eigenvalue weighted by Crippen LogP contribution is -2.27. The van der Waals surface area contributed by atoms with Gasteiger partial charge < -0.3 is 19.9 Å². The number of carbonyl (C=O) groups is 1. The van der Waals surface area contributed by atoms with E-state index in [2.05, 4.69) is 10.1 Å². The van der Waals surface area contributed by atoms with Crippen LogP contribution in [-0.4, -0.2) is 43.7 Å². The Hall–Kier alpha value is -0.810. The molecule has 2 N–H and O–H groups in total. The van der Waals surface area contributed by atoms with Crippen LogP contribution in [0.1, 0.15) is 38.5 Å². The molecule has 0 aromatic carbocycles. The molecule has 1 saturated carbocycles. The number of nitrogens with one attached hydrogen (secondary N) is 1. The van der Waals surface area contributed by atoms with E-state index in [0.717, 1.165) is 6.42 Å². The number of rotatable bonds is 7. The van der Waals surface area contributed by atoms with Crippen LogP contribution in [0.5, 0.6) is 0 Å². The zero-order chi connectivity index (χ0) is 12.3. The molecule has 100 valence electrons. The van der Waals surface area contributed by atoms with Gasteiger partial charge in [0.1, 0.15) is 6.61 Å². The van der Waals surface area contributed by atoms with E-state index in [1.165, 1.54) is 32.1 Å². The molecule has 0 heterocycles. The molecule has 0 radical (unpaired) electrons. The van der Waals surface area contributed by atoms with E-state index < -0.39 is 6.09 Å². The number of amides is 1. The summed E-state index contributed by atoms with van der Waals surface area (Å²) < 4.78 is 10.4. The van der Waals surface area contributed by atoms with Gasteiger partial charge in [-0.2, -0.15) is 0 Å². The van der Waals surface area contributed by atoms with E-state index in [1.807, 2.05) is 0 Å². The number of alkyl carbamates (subject to hydrolysis) is 1. The Kier molecular flexibility index (Phi) is 7.75. The first-order chi connectivity index (χ1) is 8.33. The van der Waals surface area contributed by atoms with Gasteiger partial charge >= 0.3 is 6.09 Å². The third-order valence-corrected chi connectivity index (χ3v) is 2.82. The molecule has 5 nitrogen and oxygen atoms in total. The minimum atomic E-state index is -0.475. The van der Waals surface area contributed by atoms with E-state index >= 15 is 0 Å². The molecule has 0 saturated heterocycles. The van der Waals surface area contributed by atoms with Gasteiger partial charge in [-0.25, -0.2) is 4.79 Å². The van der Waals surface area contributed by atoms with Gasteiger partial charge in [-0.15, -0.1) is 0 Å². The Bertz CT molecular complexity index is 205. The monoisotopic (exact) mass is 245 g/mol. The second-order valence-corrected chi connectivity index (χ2v) is 4.27. The van der Waals surface area contributed by atoms with Gasteiger partial charge in [0.2, 0.25) is 0 Å². The van der Waals surface area contributed by atoms with Gasteiger partial charge in [0.05, 0.1) is 12.7 Å². The largest absolute Gasteiger partial charge is 0.447 e. The summed E-state index contributed by atoms with van der Waals surface area (Å²) in [5, 5.41) is 11.0. The molecule has 0 bridgehead atoms. The summed E-state index contributed by atoms with van der Waals surface area (Å²) in [6, 6.07) is 0. The topological polar surface area (TPSA) is 67.8 Å². The van der Waals surface area contributed by atoms with Crippen LogP contribution in [0.3, 0.4) is 0 Å². The first kappa shape index (κ1) is 14.3. The lowest BCUT2D eigenvalue weighted by Gasteiger charge is -2.21. The summed E-state index contributed by atoms with van der Waals surface area (Å²) in [5.41, 5.74) is 0. The van der Waals surface area contributed by atoms with Crippen molar-refractivity contribution in [3.05, 3.63) is 0 Å². The van der Waals surface area contributed by atoms with E-state index in [4.69, 9.17) is 9.84 Å². The standard InChI is InChI=1S/C12H23NO4/c14-8-10-17-12(15)13-7-4-9-16-11-5-2-1-3-6-11/h11,14H,1-10H2,(H,13,15). The van der Waals surface area contributed by atoms with E-state index in [0.29, 0.717) is 19.3 Å². The summed E-state index contributed by atoms with van der Waals surface area (Å²) in [7, 11) is 0. The number of carbonyl (C=O) groups excluding carboxylic acids is 1. The second-order valence-electron chi connectivity index (χ2n) is 4.27. The molecule has 1 aliphatic carbocycles. The molecular formula is C12H23NO4. The molecule has 1 fully saturated rings. The Morgan fingerprint density at radius 1 is 1.24 bits per heavy atom. The van der Waals surface area contributed by atoms with Gasteiger partial charge in [-0.05, 0) is 19.3 Å². The summed E-state index contributed by atoms with van der Waals surface area (Å²) in [4.78, 5) is 11.0. The predicted molar refractivity (Wildman–Crippen MR) is 63.9 cm³/mol. The number of aliphatic hydroxyl groups excluding tert-OH is 1. The van der Waals surface area contributed by atoms with Crippen molar-refractivity contribution >= 4 is 6.09 Å². The van der Waals surface area contributed by atoms with Crippen LogP contribution >= 0.6 is 0 Å². The number of hydrogen-bond donors (Lipinski definition) is 2. The molecule has 1 aliphatic rings. The van der Waals surface area contributed by atoms with Crippen LogP contribution in [0.15, 0.2) is 0 Å². The van der Waals surface area contributed by atoms with Crippen LogP contribution in [0, 0.1) is 0 Å². The van der Waals surface area contributed by atoms with Gasteiger partial charge in [0.15, 0.2) is 0 Å². The highest BCUT2D eigenvalue weighted by atomic mass is 16.6. The van der Waals surface area contributed by atoms with Gasteiger partial charge in [0.25, 0.3) is 0 Å². The quantitative estimate of drug-likeness (QED) is 0.666. The van der Waals surface area contributed by atoms with Crippen molar-refractivity contribution in [3.63, 3.8) is 0 Å². The Labute approximate surface area is 102 Å². The van der Waals surface area contributed by atoms with E-state index in [1.54, 1.807) is 0 Å². The molecule has 1 amide bonds. The molecule has 0 unspecified atom stereocenters. The first-order valence-corrected chi connectivity index (χ1v) is 6.46. The maximum absolute atomic E-state index is 11.0. The maximum atomic E-state index is 11.0. The molecule has 0 aliphatic heterocycles. The third kappa shape index (κ3) is 7.18. The van der Waals surface area contributed by atoms with Crippen molar-refractivity contribution in [2.45, 2.75) is 44.6 Å². The maximum Gasteiger partial charge on any atom is 0.407 e. The lowest BCUT2D eigenvalue weighted by atomic mass is 9.98. The van der Waals surface area contributed by atoms with Crippen molar-refractivity contribution in [1.29, 1.82) is 0 Å². The number of aliphatic hydroxyl groups is 1. The third-order valence-electron chi connectivity index (χ3n) is 2.82. The number of hydrogen-bond acceptors (Lipinski definition) is 4. The average molecular weight is 245 g/mol. The Balaban J connectivity index is 1.88. The van der Waals surface area contributed by atoms with Gasteiger partial charge in [0, 0.05) is 13.2 Å². The van der Waals surface area contributed by atoms with Crippen molar-refractivity contribution in [2.75, 3.05) is 26.4 Å². The molecule has 0 atom stereocenters. The zero-order valence-electron chi connectivity index (χ0n) is 10.3. The number of ether oxygens (including phenoxy) is 2. The smallest absolute Gasteiger partial charge is 0.407 e. The molecule has 1 rings (SSSR count). The summed E-state index contributed by atoms with van der Waals surface area (Å²) in [6.07, 6.45) is 6.97.